The molecule has 0 aliphatic rings. The topological polar surface area (TPSA) is 170 Å². The fourth-order valence-electron chi connectivity index (χ4n) is 9.79. The predicted octanol–water partition coefficient (Wildman–Crippen LogP) is 19.4. The van der Waals surface area contributed by atoms with Gasteiger partial charge in [0.1, 0.15) is 17.5 Å². The van der Waals surface area contributed by atoms with Crippen LogP contribution in [-0.2, 0) is 22.4 Å². The number of imidazole rings is 3. The monoisotopic (exact) mass is 1290 g/mol. The van der Waals surface area contributed by atoms with Gasteiger partial charge in [0, 0.05) is 16.1 Å². The molecule has 5 N–H and O–H groups in total. The zero-order chi connectivity index (χ0) is 65.5. The second-order valence-electron chi connectivity index (χ2n) is 20.8. The Bertz CT molecular complexity index is 4890. The lowest BCUT2D eigenvalue weighted by Gasteiger charge is -2.14. The molecule has 0 spiro atoms. The Morgan fingerprint density at radius 2 is 0.891 bits per heavy atom. The van der Waals surface area contributed by atoms with Crippen LogP contribution in [0.2, 0.25) is 5.02 Å². The van der Waals surface area contributed by atoms with E-state index in [0.717, 1.165) is 79.7 Å². The number of rotatable bonds is 13. The van der Waals surface area contributed by atoms with Crippen molar-refractivity contribution >= 4 is 103 Å². The van der Waals surface area contributed by atoms with Gasteiger partial charge in [-0.05, 0) is 161 Å². The zero-order valence-electron chi connectivity index (χ0n) is 48.3. The van der Waals surface area contributed by atoms with Crippen molar-refractivity contribution < 1.29 is 57.8 Å². The Morgan fingerprint density at radius 3 is 1.34 bits per heavy atom. The molecular weight excluding hydrogens is 1240 g/mol. The van der Waals surface area contributed by atoms with Gasteiger partial charge in [-0.15, -0.1) is 0 Å². The first-order chi connectivity index (χ1) is 43.7. The van der Waals surface area contributed by atoms with Crippen molar-refractivity contribution in [2.24, 2.45) is 0 Å². The van der Waals surface area contributed by atoms with Crippen molar-refractivity contribution in [1.29, 1.82) is 0 Å². The molecule has 22 heteroatoms. The van der Waals surface area contributed by atoms with Crippen LogP contribution >= 0.6 is 11.6 Å². The zero-order valence-corrected chi connectivity index (χ0v) is 49.9. The van der Waals surface area contributed by atoms with Crippen LogP contribution in [0.4, 0.5) is 45.2 Å². The van der Waals surface area contributed by atoms with Crippen LogP contribution < -0.4 is 4.72 Å². The average molecular weight is 1290 g/mol. The number of para-hydroxylation sites is 1. The molecule has 1 atom stereocenters. The number of hydrogen-bond donors (Lipinski definition) is 5. The number of H-pyrrole nitrogens is 3. The van der Waals surface area contributed by atoms with Crippen LogP contribution in [0, 0.1) is 0 Å². The minimum absolute atomic E-state index is 0.0139. The molecule has 92 heavy (non-hydrogen) atoms. The second-order valence-corrected chi connectivity index (χ2v) is 22.9. The third kappa shape index (κ3) is 15.8. The van der Waals surface area contributed by atoms with Crippen LogP contribution in [0.15, 0.2) is 200 Å². The van der Waals surface area contributed by atoms with Crippen molar-refractivity contribution in [1.82, 2.24) is 29.9 Å². The Kier molecular flexibility index (Phi) is 19.0. The first-order valence-corrected chi connectivity index (χ1v) is 29.8. The standard InChI is InChI=1S/C24H19F3N2O.C24H17F3N2O.C22H15ClF3N3O2S/c2*1-15(30)19-7-2-3-8-20(19)17-10-11-21-22(14-17)29-23(28-21)12-9-16-5-4-6-18(13-16)24(25,26)27;23-16-5-3-4-14(12-16)8-11-21-27-19-10-9-15(13-20(19)28-21)17-6-1-2-7-18(17)29-32(30,31)22(24,25)26/h2-15,30H,1H3,(H,28,29);2-14H,1H3,(H,28,29);1-13,29H,(H,27,28)/b2*12-9+;11-8+. The van der Waals surface area contributed by atoms with Gasteiger partial charge in [0.05, 0.1) is 56.0 Å². The quantitative estimate of drug-likeness (QED) is 0.0565. The van der Waals surface area contributed by atoms with E-state index in [4.69, 9.17) is 11.6 Å². The van der Waals surface area contributed by atoms with E-state index in [1.165, 1.54) is 37.3 Å². The number of nitrogens with one attached hydrogen (secondary N) is 4. The van der Waals surface area contributed by atoms with Gasteiger partial charge in [0.15, 0.2) is 5.78 Å². The van der Waals surface area contributed by atoms with Gasteiger partial charge in [0.2, 0.25) is 0 Å². The summed E-state index contributed by atoms with van der Waals surface area (Å²) >= 11 is 5.98. The molecule has 11 nitrogen and oxygen atoms in total. The molecule has 0 saturated carbocycles. The second kappa shape index (κ2) is 27.0. The van der Waals surface area contributed by atoms with E-state index < -0.39 is 45.1 Å². The molecule has 12 rings (SSSR count). The van der Waals surface area contributed by atoms with Gasteiger partial charge in [0.25, 0.3) is 0 Å². The Balaban J connectivity index is 0.000000151. The van der Waals surface area contributed by atoms with Gasteiger partial charge in [-0.1, -0.05) is 151 Å². The number of Topliss-reactive ketones (excluding diaryl/α,β-unsaturated/α-hetero) is 1. The summed E-state index contributed by atoms with van der Waals surface area (Å²) in [5, 5.41) is 10.6. The molecule has 9 aromatic carbocycles. The maximum absolute atomic E-state index is 12.9. The minimum Gasteiger partial charge on any atom is -0.389 e. The Morgan fingerprint density at radius 1 is 0.489 bits per heavy atom. The molecule has 0 radical (unpaired) electrons. The van der Waals surface area contributed by atoms with Crippen molar-refractivity contribution in [2.45, 2.75) is 37.8 Å². The minimum atomic E-state index is -5.55. The Labute approximate surface area is 525 Å². The molecule has 0 bridgehead atoms. The third-order valence-electron chi connectivity index (χ3n) is 14.2. The van der Waals surface area contributed by atoms with Crippen molar-refractivity contribution in [3.8, 4) is 33.4 Å². The highest BCUT2D eigenvalue weighted by molar-refractivity contribution is 7.93. The average Bonchev–Trinajstić information content (AvgIpc) is 1.47. The normalized spacial score (nSPS) is 12.6. The molecule has 1 unspecified atom stereocenters. The van der Waals surface area contributed by atoms with E-state index in [0.29, 0.717) is 61.3 Å². The number of benzene rings is 9. The number of sulfonamides is 1. The number of aliphatic hydroxyl groups excluding tert-OH is 1. The Hall–Kier alpha value is -10.4. The van der Waals surface area contributed by atoms with E-state index in [9.17, 15) is 57.8 Å². The van der Waals surface area contributed by atoms with E-state index in [1.54, 1.807) is 96.6 Å². The summed E-state index contributed by atoms with van der Waals surface area (Å²) in [5.74, 6) is 1.63. The molecule has 3 aromatic heterocycles. The molecule has 0 aliphatic carbocycles. The molecule has 0 fully saturated rings. The smallest absolute Gasteiger partial charge is 0.389 e. The number of aliphatic hydroxyl groups is 1. The van der Waals surface area contributed by atoms with Gasteiger partial charge < -0.3 is 20.1 Å². The number of ketones is 1. The van der Waals surface area contributed by atoms with Crippen molar-refractivity contribution in [3.63, 3.8) is 0 Å². The fraction of sp³-hybridized carbons (Fsp3) is 0.0857. The van der Waals surface area contributed by atoms with Crippen LogP contribution in [-0.4, -0.2) is 54.7 Å². The molecule has 0 amide bonds. The lowest BCUT2D eigenvalue weighted by atomic mass is 9.96. The summed E-state index contributed by atoms with van der Waals surface area (Å²) in [4.78, 5) is 34.8. The number of aromatic amines is 3. The summed E-state index contributed by atoms with van der Waals surface area (Å²) < 4.78 is 140. The molecule has 3 heterocycles. The summed E-state index contributed by atoms with van der Waals surface area (Å²) in [5.41, 5.74) is 5.01. The van der Waals surface area contributed by atoms with Gasteiger partial charge in [-0.25, -0.2) is 15.0 Å². The largest absolute Gasteiger partial charge is 0.516 e. The number of anilines is 1. The van der Waals surface area contributed by atoms with Crippen LogP contribution in [0.5, 0.6) is 0 Å². The molecule has 0 saturated heterocycles. The number of alkyl halides is 9. The lowest BCUT2D eigenvalue weighted by Crippen LogP contribution is -2.30. The van der Waals surface area contributed by atoms with Gasteiger partial charge in [-0.3, -0.25) is 9.52 Å². The molecular formula is C70H51ClF9N7O4S. The fourth-order valence-corrected chi connectivity index (χ4v) is 10.6. The number of fused-ring (bicyclic) bond motifs is 3. The maximum atomic E-state index is 12.9. The van der Waals surface area contributed by atoms with Crippen molar-refractivity contribution in [3.05, 3.63) is 262 Å². The van der Waals surface area contributed by atoms with Crippen molar-refractivity contribution in [2.75, 3.05) is 4.72 Å². The number of aromatic nitrogens is 6. The summed E-state index contributed by atoms with van der Waals surface area (Å²) in [7, 11) is -5.55. The molecule has 0 aliphatic heterocycles. The number of carbonyl (C=O) groups is 1. The van der Waals surface area contributed by atoms with E-state index in [-0.39, 0.29) is 11.5 Å². The number of carbonyl (C=O) groups excluding carboxylic acids is 1. The van der Waals surface area contributed by atoms with Gasteiger partial charge in [-0.2, -0.15) is 47.9 Å². The predicted molar refractivity (Wildman–Crippen MR) is 345 cm³/mol. The first-order valence-electron chi connectivity index (χ1n) is 27.9. The third-order valence-corrected chi connectivity index (χ3v) is 15.5. The highest BCUT2D eigenvalue weighted by atomic mass is 35.5. The van der Waals surface area contributed by atoms with Gasteiger partial charge >= 0.3 is 27.9 Å². The van der Waals surface area contributed by atoms with Crippen LogP contribution in [0.3, 0.4) is 0 Å². The lowest BCUT2D eigenvalue weighted by molar-refractivity contribution is -0.138. The van der Waals surface area contributed by atoms with E-state index in [2.05, 4.69) is 29.9 Å². The molecule has 466 valence electrons. The number of nitrogens with zero attached hydrogens (tertiary/aromatic N) is 3. The maximum Gasteiger partial charge on any atom is 0.516 e. The summed E-state index contributed by atoms with van der Waals surface area (Å²) in [6.45, 7) is 3.26. The number of hydrogen-bond acceptors (Lipinski definition) is 7. The highest BCUT2D eigenvalue weighted by Crippen LogP contribution is 2.36. The number of halogens is 10. The van der Waals surface area contributed by atoms with E-state index >= 15 is 0 Å². The summed E-state index contributed by atoms with van der Waals surface area (Å²) in [6, 6.07) is 54.9. The van der Waals surface area contributed by atoms with Crippen LogP contribution in [0.1, 0.15) is 81.2 Å². The van der Waals surface area contributed by atoms with E-state index in [1.807, 2.05) is 97.1 Å². The SMILES string of the molecule is CC(=O)c1ccccc1-c1ccc2nc(/C=C/c3cccc(C(F)(F)F)c3)[nH]c2c1.CC(O)c1ccccc1-c1ccc2nc(/C=C/c3cccc(C(F)(F)F)c3)[nH]c2c1.O=S(=O)(Nc1ccccc1-c1ccc2nc(/C=C/c3cccc(Cl)c3)[nH]c2c1)C(F)(F)F. The molecule has 12 aromatic rings. The first kappa shape index (κ1) is 64.6. The van der Waals surface area contributed by atoms with Crippen LogP contribution in [0.25, 0.3) is 103 Å². The summed E-state index contributed by atoms with van der Waals surface area (Å²) in [6.07, 6.45) is 0.734. The highest BCUT2D eigenvalue weighted by Gasteiger charge is 2.46.